The van der Waals surface area contributed by atoms with Crippen molar-refractivity contribution >= 4 is 17.8 Å². The lowest BCUT2D eigenvalue weighted by molar-refractivity contribution is -0.127. The Morgan fingerprint density at radius 2 is 1.75 bits per heavy atom. The van der Waals surface area contributed by atoms with Crippen molar-refractivity contribution in [2.45, 2.75) is 76.3 Å². The molecule has 32 heavy (non-hydrogen) atoms. The lowest BCUT2D eigenvalue weighted by Crippen LogP contribution is -2.37. The van der Waals surface area contributed by atoms with E-state index in [4.69, 9.17) is 9.47 Å². The Kier molecular flexibility index (Phi) is 8.76. The van der Waals surface area contributed by atoms with E-state index in [1.807, 2.05) is 12.1 Å². The summed E-state index contributed by atoms with van der Waals surface area (Å²) in [7, 11) is 3.14. The van der Waals surface area contributed by atoms with E-state index in [1.54, 1.807) is 20.3 Å². The minimum absolute atomic E-state index is 0.0404. The molecule has 1 heterocycles. The first-order valence-corrected chi connectivity index (χ1v) is 11.6. The summed E-state index contributed by atoms with van der Waals surface area (Å²) in [5, 5.41) is 5.84. The highest BCUT2D eigenvalue weighted by Gasteiger charge is 2.37. The second-order valence-electron chi connectivity index (χ2n) is 8.58. The van der Waals surface area contributed by atoms with Gasteiger partial charge in [0.05, 0.1) is 14.2 Å². The largest absolute Gasteiger partial charge is 0.493 e. The number of nitrogens with one attached hydrogen (secondary N) is 2. The van der Waals surface area contributed by atoms with Crippen molar-refractivity contribution in [3.05, 3.63) is 23.8 Å². The van der Waals surface area contributed by atoms with E-state index in [1.165, 1.54) is 24.2 Å². The van der Waals surface area contributed by atoms with E-state index < -0.39 is 12.1 Å². The molecule has 1 atom stereocenters. The van der Waals surface area contributed by atoms with Gasteiger partial charge in [-0.25, -0.2) is 4.79 Å². The third-order valence-corrected chi connectivity index (χ3v) is 6.31. The number of imide groups is 1. The number of methoxy groups -OCH3 is 2. The van der Waals surface area contributed by atoms with Crippen LogP contribution in [0.4, 0.5) is 4.79 Å². The zero-order valence-electron chi connectivity index (χ0n) is 19.2. The number of ether oxygens (including phenoxy) is 2. The van der Waals surface area contributed by atoms with Crippen LogP contribution < -0.4 is 20.1 Å². The molecule has 1 saturated carbocycles. The van der Waals surface area contributed by atoms with Crippen molar-refractivity contribution in [1.29, 1.82) is 0 Å². The SMILES string of the molecule is COc1ccc(CCN2C(=O)NC(CCC(=O)NC3CCCCCCC3)C2=O)cc1OC. The Hall–Kier alpha value is -2.77. The molecule has 1 saturated heterocycles. The predicted molar refractivity (Wildman–Crippen MR) is 121 cm³/mol. The molecule has 2 N–H and O–H groups in total. The molecular weight excluding hydrogens is 410 g/mol. The molecule has 1 aromatic rings. The second-order valence-corrected chi connectivity index (χ2v) is 8.58. The fourth-order valence-electron chi connectivity index (χ4n) is 4.44. The number of nitrogens with zero attached hydrogens (tertiary/aromatic N) is 1. The van der Waals surface area contributed by atoms with Gasteiger partial charge in [0.1, 0.15) is 6.04 Å². The summed E-state index contributed by atoms with van der Waals surface area (Å²) < 4.78 is 10.5. The number of rotatable bonds is 9. The molecule has 2 fully saturated rings. The quantitative estimate of drug-likeness (QED) is 0.569. The Balaban J connectivity index is 1.46. The molecular formula is C24H35N3O5. The summed E-state index contributed by atoms with van der Waals surface area (Å²) >= 11 is 0. The number of hydrogen-bond acceptors (Lipinski definition) is 5. The zero-order valence-corrected chi connectivity index (χ0v) is 19.2. The lowest BCUT2D eigenvalue weighted by Gasteiger charge is -2.21. The Morgan fingerprint density at radius 1 is 1.06 bits per heavy atom. The predicted octanol–water partition coefficient (Wildman–Crippen LogP) is 3.18. The van der Waals surface area contributed by atoms with Crippen molar-refractivity contribution in [1.82, 2.24) is 15.5 Å². The number of carbonyl (C=O) groups is 3. The van der Waals surface area contributed by atoms with E-state index in [-0.39, 0.29) is 30.8 Å². The van der Waals surface area contributed by atoms with Crippen LogP contribution in [0.3, 0.4) is 0 Å². The van der Waals surface area contributed by atoms with Crippen LogP contribution in [0.25, 0.3) is 0 Å². The van der Waals surface area contributed by atoms with Crippen molar-refractivity contribution < 1.29 is 23.9 Å². The van der Waals surface area contributed by atoms with Gasteiger partial charge in [0.2, 0.25) is 5.91 Å². The molecule has 1 unspecified atom stereocenters. The number of hydrogen-bond donors (Lipinski definition) is 2. The van der Waals surface area contributed by atoms with E-state index in [0.29, 0.717) is 24.3 Å². The summed E-state index contributed by atoms with van der Waals surface area (Å²) in [6.07, 6.45) is 9.15. The number of carbonyl (C=O) groups excluding carboxylic acids is 3. The van der Waals surface area contributed by atoms with Gasteiger partial charge >= 0.3 is 6.03 Å². The molecule has 0 spiro atoms. The molecule has 8 nitrogen and oxygen atoms in total. The summed E-state index contributed by atoms with van der Waals surface area (Å²) in [6, 6.07) is 4.72. The first-order chi connectivity index (χ1) is 15.5. The van der Waals surface area contributed by atoms with Crippen LogP contribution in [-0.4, -0.2) is 55.6 Å². The standard InChI is InChI=1S/C24H35N3O5/c1-31-20-12-10-17(16-21(20)32-2)14-15-27-23(29)19(26-24(27)30)11-13-22(28)25-18-8-6-4-3-5-7-9-18/h10,12,16,18-19H,3-9,11,13-15H2,1-2H3,(H,25,28)(H,26,30). The summed E-state index contributed by atoms with van der Waals surface area (Å²) in [5.41, 5.74) is 0.935. The summed E-state index contributed by atoms with van der Waals surface area (Å²) in [6.45, 7) is 0.269. The average Bonchev–Trinajstić information content (AvgIpc) is 3.04. The summed E-state index contributed by atoms with van der Waals surface area (Å²) in [4.78, 5) is 38.7. The molecule has 4 amide bonds. The van der Waals surface area contributed by atoms with E-state index >= 15 is 0 Å². The van der Waals surface area contributed by atoms with Gasteiger partial charge in [0.15, 0.2) is 11.5 Å². The monoisotopic (exact) mass is 445 g/mol. The number of benzene rings is 1. The highest BCUT2D eigenvalue weighted by molar-refractivity contribution is 6.04. The van der Waals surface area contributed by atoms with Crippen molar-refractivity contribution in [2.24, 2.45) is 0 Å². The van der Waals surface area contributed by atoms with Gasteiger partial charge in [0, 0.05) is 19.0 Å². The van der Waals surface area contributed by atoms with E-state index in [2.05, 4.69) is 10.6 Å². The molecule has 8 heteroatoms. The highest BCUT2D eigenvalue weighted by Crippen LogP contribution is 2.28. The van der Waals surface area contributed by atoms with Crippen molar-refractivity contribution in [2.75, 3.05) is 20.8 Å². The van der Waals surface area contributed by atoms with E-state index in [0.717, 1.165) is 31.2 Å². The maximum Gasteiger partial charge on any atom is 0.324 e. The van der Waals surface area contributed by atoms with Crippen molar-refractivity contribution in [3.8, 4) is 11.5 Å². The zero-order chi connectivity index (χ0) is 22.9. The third kappa shape index (κ3) is 6.37. The molecule has 1 aromatic carbocycles. The van der Waals surface area contributed by atoms with E-state index in [9.17, 15) is 14.4 Å². The van der Waals surface area contributed by atoms with Crippen LogP contribution in [0.5, 0.6) is 11.5 Å². The van der Waals surface area contributed by atoms with Gasteiger partial charge in [-0.3, -0.25) is 14.5 Å². The number of urea groups is 1. The normalized spacial score (nSPS) is 19.8. The molecule has 176 valence electrons. The highest BCUT2D eigenvalue weighted by atomic mass is 16.5. The van der Waals surface area contributed by atoms with Gasteiger partial charge < -0.3 is 20.1 Å². The number of amides is 4. The molecule has 2 aliphatic rings. The van der Waals surface area contributed by atoms with Crippen LogP contribution in [0.1, 0.15) is 63.4 Å². The van der Waals surface area contributed by atoms with Gasteiger partial charge in [-0.15, -0.1) is 0 Å². The van der Waals surface area contributed by atoms with Crippen molar-refractivity contribution in [3.63, 3.8) is 0 Å². The maximum atomic E-state index is 12.7. The van der Waals surface area contributed by atoms with Gasteiger partial charge in [-0.05, 0) is 43.4 Å². The minimum atomic E-state index is -0.643. The average molecular weight is 446 g/mol. The molecule has 0 aromatic heterocycles. The smallest absolute Gasteiger partial charge is 0.324 e. The van der Waals surface area contributed by atoms with Crippen LogP contribution in [-0.2, 0) is 16.0 Å². The Labute approximate surface area is 190 Å². The molecule has 1 aliphatic heterocycles. The molecule has 1 aliphatic carbocycles. The van der Waals surface area contributed by atoms with Gasteiger partial charge in [-0.1, -0.05) is 38.2 Å². The first kappa shape index (κ1) is 23.9. The third-order valence-electron chi connectivity index (χ3n) is 6.31. The molecule has 3 rings (SSSR count). The Morgan fingerprint density at radius 3 is 2.44 bits per heavy atom. The van der Waals surface area contributed by atoms with Crippen LogP contribution in [0.15, 0.2) is 18.2 Å². The summed E-state index contributed by atoms with van der Waals surface area (Å²) in [5.74, 6) is 0.926. The van der Waals surface area contributed by atoms with Gasteiger partial charge in [-0.2, -0.15) is 0 Å². The fourth-order valence-corrected chi connectivity index (χ4v) is 4.44. The van der Waals surface area contributed by atoms with Crippen LogP contribution in [0, 0.1) is 0 Å². The molecule has 0 bridgehead atoms. The fraction of sp³-hybridized carbons (Fsp3) is 0.625. The van der Waals surface area contributed by atoms with Crippen LogP contribution >= 0.6 is 0 Å². The molecule has 0 radical (unpaired) electrons. The first-order valence-electron chi connectivity index (χ1n) is 11.6. The Bertz CT molecular complexity index is 805. The minimum Gasteiger partial charge on any atom is -0.493 e. The van der Waals surface area contributed by atoms with Crippen LogP contribution in [0.2, 0.25) is 0 Å². The van der Waals surface area contributed by atoms with Gasteiger partial charge in [0.25, 0.3) is 5.91 Å². The maximum absolute atomic E-state index is 12.7. The lowest BCUT2D eigenvalue weighted by atomic mass is 9.96. The topological polar surface area (TPSA) is 97.0 Å². The second kappa shape index (κ2) is 11.7.